The molecule has 2 fully saturated rings. The SMILES string of the molecule is C=CC1(C)[C@@]2(C)C(C)=C(C)[C@]1(C)[C@H]1C(=O)N(c3ccccc3)C(=O)[C@H]12. The van der Waals surface area contributed by atoms with Crippen molar-refractivity contribution < 1.29 is 9.59 Å². The zero-order valence-electron chi connectivity index (χ0n) is 15.6. The molecule has 4 rings (SSSR count). The molecule has 0 spiro atoms. The van der Waals surface area contributed by atoms with Crippen LogP contribution in [0.25, 0.3) is 0 Å². The highest BCUT2D eigenvalue weighted by molar-refractivity contribution is 6.23. The second kappa shape index (κ2) is 4.51. The summed E-state index contributed by atoms with van der Waals surface area (Å²) in [5.41, 5.74) is 2.10. The fraction of sp³-hybridized carbons (Fsp3) is 0.455. The number of hydrogen-bond acceptors (Lipinski definition) is 2. The molecule has 3 aliphatic rings. The van der Waals surface area contributed by atoms with Crippen LogP contribution in [0, 0.1) is 28.1 Å². The molecule has 1 saturated carbocycles. The third-order valence-corrected chi connectivity index (χ3v) is 8.25. The zero-order valence-corrected chi connectivity index (χ0v) is 15.6. The van der Waals surface area contributed by atoms with E-state index in [2.05, 4.69) is 41.2 Å². The number of imide groups is 1. The number of nitrogens with zero attached hydrogens (tertiary/aromatic N) is 1. The van der Waals surface area contributed by atoms with Crippen molar-refractivity contribution in [3.63, 3.8) is 0 Å². The molecule has 1 saturated heterocycles. The van der Waals surface area contributed by atoms with Gasteiger partial charge in [-0.05, 0) is 26.0 Å². The number of fused-ring (bicyclic) bond motifs is 5. The molecule has 2 aliphatic carbocycles. The van der Waals surface area contributed by atoms with Crippen LogP contribution in [0.3, 0.4) is 0 Å². The summed E-state index contributed by atoms with van der Waals surface area (Å²) < 4.78 is 0. The third-order valence-electron chi connectivity index (χ3n) is 8.25. The Balaban J connectivity index is 1.96. The van der Waals surface area contributed by atoms with Crippen molar-refractivity contribution in [1.29, 1.82) is 0 Å². The van der Waals surface area contributed by atoms with Crippen molar-refractivity contribution in [1.82, 2.24) is 0 Å². The standard InChI is InChI=1S/C22H25NO2/c1-7-20(4)21(5)13(2)14(3)22(20,6)17-16(21)18(24)23(19(17)25)15-11-9-8-10-12-15/h7-12,16-17H,1H2,2-6H3/t16-,17+,20?,21-,22+. The van der Waals surface area contributed by atoms with Crippen molar-refractivity contribution in [2.24, 2.45) is 28.1 Å². The molecule has 3 nitrogen and oxygen atoms in total. The maximum Gasteiger partial charge on any atom is 0.238 e. The molecule has 130 valence electrons. The topological polar surface area (TPSA) is 37.4 Å². The number of carbonyl (C=O) groups is 2. The molecule has 0 aromatic heterocycles. The predicted octanol–water partition coefficient (Wildman–Crippen LogP) is 4.36. The second-order valence-electron chi connectivity index (χ2n) is 8.36. The number of rotatable bonds is 2. The minimum Gasteiger partial charge on any atom is -0.274 e. The van der Waals surface area contributed by atoms with Crippen molar-refractivity contribution >= 4 is 17.5 Å². The molecule has 0 radical (unpaired) electrons. The van der Waals surface area contributed by atoms with E-state index in [1.807, 2.05) is 36.4 Å². The van der Waals surface area contributed by atoms with E-state index in [9.17, 15) is 9.59 Å². The van der Waals surface area contributed by atoms with Gasteiger partial charge >= 0.3 is 0 Å². The third kappa shape index (κ3) is 1.38. The van der Waals surface area contributed by atoms with E-state index in [-0.39, 0.29) is 39.9 Å². The Kier molecular flexibility index (Phi) is 2.95. The van der Waals surface area contributed by atoms with E-state index in [1.54, 1.807) is 0 Å². The van der Waals surface area contributed by atoms with E-state index < -0.39 is 0 Å². The summed E-state index contributed by atoms with van der Waals surface area (Å²) in [7, 11) is 0. The van der Waals surface area contributed by atoms with Crippen LogP contribution in [0.2, 0.25) is 0 Å². The van der Waals surface area contributed by atoms with Crippen LogP contribution in [0.5, 0.6) is 0 Å². The quantitative estimate of drug-likeness (QED) is 0.595. The summed E-state index contributed by atoms with van der Waals surface area (Å²) in [5.74, 6) is -0.770. The molecule has 25 heavy (non-hydrogen) atoms. The van der Waals surface area contributed by atoms with Crippen LogP contribution in [0.15, 0.2) is 54.1 Å². The van der Waals surface area contributed by atoms with Gasteiger partial charge in [0, 0.05) is 16.2 Å². The minimum atomic E-state index is -0.380. The van der Waals surface area contributed by atoms with Crippen molar-refractivity contribution in [3.05, 3.63) is 54.1 Å². The number of allylic oxidation sites excluding steroid dienone is 3. The van der Waals surface area contributed by atoms with Crippen molar-refractivity contribution in [2.45, 2.75) is 34.6 Å². The first-order valence-corrected chi connectivity index (χ1v) is 8.92. The lowest BCUT2D eigenvalue weighted by molar-refractivity contribution is -0.125. The first-order valence-electron chi connectivity index (χ1n) is 8.92. The Morgan fingerprint density at radius 3 is 1.76 bits per heavy atom. The Bertz CT molecular complexity index is 808. The lowest BCUT2D eigenvalue weighted by Gasteiger charge is -2.44. The molecule has 3 heteroatoms. The van der Waals surface area contributed by atoms with E-state index in [0.29, 0.717) is 5.69 Å². The number of carbonyl (C=O) groups excluding carboxylic acids is 2. The summed E-state index contributed by atoms with van der Waals surface area (Å²) in [5, 5.41) is 0. The van der Waals surface area contributed by atoms with E-state index in [1.165, 1.54) is 16.0 Å². The largest absolute Gasteiger partial charge is 0.274 e. The summed E-state index contributed by atoms with van der Waals surface area (Å²) in [6, 6.07) is 9.30. The van der Waals surface area contributed by atoms with Gasteiger partial charge in [-0.1, -0.05) is 56.2 Å². The average molecular weight is 335 g/mol. The molecule has 2 bridgehead atoms. The van der Waals surface area contributed by atoms with Gasteiger partial charge in [0.25, 0.3) is 0 Å². The van der Waals surface area contributed by atoms with Gasteiger partial charge in [-0.3, -0.25) is 9.59 Å². The first-order chi connectivity index (χ1) is 11.7. The number of anilines is 1. The summed E-state index contributed by atoms with van der Waals surface area (Å²) in [4.78, 5) is 28.3. The molecule has 1 aromatic rings. The molecular weight excluding hydrogens is 310 g/mol. The highest BCUT2D eigenvalue weighted by Gasteiger charge is 2.80. The highest BCUT2D eigenvalue weighted by Crippen LogP contribution is 2.80. The van der Waals surface area contributed by atoms with Crippen LogP contribution in [0.4, 0.5) is 5.69 Å². The summed E-state index contributed by atoms with van der Waals surface area (Å²) in [6.45, 7) is 14.8. The fourth-order valence-electron chi connectivity index (χ4n) is 6.30. The van der Waals surface area contributed by atoms with E-state index in [0.717, 1.165) is 0 Å². The minimum absolute atomic E-state index is 0.0626. The molecular formula is C22H25NO2. The van der Waals surface area contributed by atoms with E-state index in [4.69, 9.17) is 0 Å². The number of hydrogen-bond donors (Lipinski definition) is 0. The monoisotopic (exact) mass is 335 g/mol. The molecule has 1 heterocycles. The second-order valence-corrected chi connectivity index (χ2v) is 8.36. The van der Waals surface area contributed by atoms with Crippen LogP contribution in [-0.2, 0) is 9.59 Å². The smallest absolute Gasteiger partial charge is 0.238 e. The number of amides is 2. The normalized spacial score (nSPS) is 42.4. The average Bonchev–Trinajstić information content (AvgIpc) is 3.01. The van der Waals surface area contributed by atoms with Gasteiger partial charge in [0.1, 0.15) is 0 Å². The van der Waals surface area contributed by atoms with Crippen LogP contribution in [-0.4, -0.2) is 11.8 Å². The summed E-state index contributed by atoms with van der Waals surface area (Å²) >= 11 is 0. The Morgan fingerprint density at radius 2 is 1.36 bits per heavy atom. The maximum atomic E-state index is 13.4. The van der Waals surface area contributed by atoms with Crippen LogP contribution in [0.1, 0.15) is 34.6 Å². The van der Waals surface area contributed by atoms with Gasteiger partial charge in [-0.15, -0.1) is 6.58 Å². The van der Waals surface area contributed by atoms with Crippen LogP contribution < -0.4 is 4.90 Å². The van der Waals surface area contributed by atoms with Crippen LogP contribution >= 0.6 is 0 Å². The maximum absolute atomic E-state index is 13.4. The van der Waals surface area contributed by atoms with Gasteiger partial charge in [0.15, 0.2) is 0 Å². The predicted molar refractivity (Wildman–Crippen MR) is 98.8 cm³/mol. The van der Waals surface area contributed by atoms with Gasteiger partial charge in [-0.25, -0.2) is 4.90 Å². The van der Waals surface area contributed by atoms with Gasteiger partial charge in [0.2, 0.25) is 11.8 Å². The van der Waals surface area contributed by atoms with Gasteiger partial charge in [-0.2, -0.15) is 0 Å². The molecule has 2 amide bonds. The van der Waals surface area contributed by atoms with Crippen molar-refractivity contribution in [3.8, 4) is 0 Å². The van der Waals surface area contributed by atoms with Gasteiger partial charge < -0.3 is 0 Å². The Morgan fingerprint density at radius 1 is 0.920 bits per heavy atom. The summed E-state index contributed by atoms with van der Waals surface area (Å²) in [6.07, 6.45) is 1.98. The highest BCUT2D eigenvalue weighted by atomic mass is 16.2. The molecule has 1 aromatic carbocycles. The zero-order chi connectivity index (χ0) is 18.4. The van der Waals surface area contributed by atoms with Crippen molar-refractivity contribution in [2.75, 3.05) is 4.90 Å². The number of para-hydroxylation sites is 1. The lowest BCUT2D eigenvalue weighted by atomic mass is 9.59. The molecule has 1 aliphatic heterocycles. The molecule has 1 unspecified atom stereocenters. The Labute approximate surface area is 149 Å². The number of benzene rings is 1. The fourth-order valence-corrected chi connectivity index (χ4v) is 6.30. The lowest BCUT2D eigenvalue weighted by Crippen LogP contribution is -2.45. The Hall–Kier alpha value is -2.16. The first kappa shape index (κ1) is 16.3. The molecule has 5 atom stereocenters. The molecule has 0 N–H and O–H groups in total. The van der Waals surface area contributed by atoms with Gasteiger partial charge in [0.05, 0.1) is 17.5 Å². The van der Waals surface area contributed by atoms with E-state index >= 15 is 0 Å².